The Balaban J connectivity index is 2.16. The molecule has 0 aliphatic carbocycles. The van der Waals surface area contributed by atoms with Gasteiger partial charge in [0.25, 0.3) is 0 Å². The summed E-state index contributed by atoms with van der Waals surface area (Å²) in [5.41, 5.74) is 5.83. The zero-order valence-electron chi connectivity index (χ0n) is 9.29. The van der Waals surface area contributed by atoms with Gasteiger partial charge in [0, 0.05) is 11.6 Å². The van der Waals surface area contributed by atoms with E-state index in [-0.39, 0.29) is 23.6 Å². The summed E-state index contributed by atoms with van der Waals surface area (Å²) in [7, 11) is 0. The number of nitrogen functional groups attached to an aromatic ring is 1. The number of nitrogens with two attached hydrogens (primary N) is 1. The predicted octanol–water partition coefficient (Wildman–Crippen LogP) is 3.27. The van der Waals surface area contributed by atoms with Gasteiger partial charge in [-0.2, -0.15) is 0 Å². The molecule has 2 N–H and O–H groups in total. The van der Waals surface area contributed by atoms with Gasteiger partial charge in [0.2, 0.25) is 0 Å². The van der Waals surface area contributed by atoms with Crippen molar-refractivity contribution in [2.75, 3.05) is 5.73 Å². The van der Waals surface area contributed by atoms with Gasteiger partial charge in [0.15, 0.2) is 11.6 Å². The summed E-state index contributed by atoms with van der Waals surface area (Å²) in [5.74, 6) is -2.35. The van der Waals surface area contributed by atoms with Crippen molar-refractivity contribution < 1.29 is 17.9 Å². The molecule has 0 aliphatic rings. The Kier molecular flexibility index (Phi) is 3.41. The molecule has 0 aliphatic heterocycles. The highest BCUT2D eigenvalue weighted by atomic mass is 19.2. The summed E-state index contributed by atoms with van der Waals surface area (Å²) >= 11 is 0. The average Bonchev–Trinajstić information content (AvgIpc) is 2.35. The molecule has 5 heteroatoms. The molecular weight excluding hydrogens is 243 g/mol. The second kappa shape index (κ2) is 5.00. The Bertz CT molecular complexity index is 570. The number of anilines is 1. The lowest BCUT2D eigenvalue weighted by molar-refractivity contribution is 0.297. The lowest BCUT2D eigenvalue weighted by Gasteiger charge is -2.09. The van der Waals surface area contributed by atoms with Gasteiger partial charge in [-0.3, -0.25) is 0 Å². The molecule has 0 atom stereocenters. The first kappa shape index (κ1) is 12.3. The third-order valence-electron chi connectivity index (χ3n) is 2.39. The Morgan fingerprint density at radius 1 is 1.06 bits per heavy atom. The standard InChI is InChI=1S/C13H10F3NO/c14-9-4-5-11(17)12(6-9)18-7-8-2-1-3-10(15)13(8)16/h1-6H,7,17H2. The molecule has 0 saturated carbocycles. The monoisotopic (exact) mass is 253 g/mol. The van der Waals surface area contributed by atoms with Crippen LogP contribution in [0.1, 0.15) is 5.56 Å². The maximum atomic E-state index is 13.3. The van der Waals surface area contributed by atoms with Crippen molar-refractivity contribution in [3.63, 3.8) is 0 Å². The Labute approximate surface area is 102 Å². The van der Waals surface area contributed by atoms with Crippen LogP contribution in [0.25, 0.3) is 0 Å². The van der Waals surface area contributed by atoms with Crippen molar-refractivity contribution in [1.29, 1.82) is 0 Å². The molecule has 2 rings (SSSR count). The number of ether oxygens (including phenoxy) is 1. The quantitative estimate of drug-likeness (QED) is 0.852. The SMILES string of the molecule is Nc1ccc(F)cc1OCc1cccc(F)c1F. The largest absolute Gasteiger partial charge is 0.487 e. The van der Waals surface area contributed by atoms with E-state index in [0.29, 0.717) is 0 Å². The van der Waals surface area contributed by atoms with E-state index in [0.717, 1.165) is 12.1 Å². The third kappa shape index (κ3) is 2.56. The minimum absolute atomic E-state index is 0.0404. The fourth-order valence-corrected chi connectivity index (χ4v) is 1.45. The topological polar surface area (TPSA) is 35.2 Å². The van der Waals surface area contributed by atoms with Crippen LogP contribution in [0, 0.1) is 17.5 Å². The Morgan fingerprint density at radius 3 is 2.61 bits per heavy atom. The smallest absolute Gasteiger partial charge is 0.165 e. The van der Waals surface area contributed by atoms with Crippen LogP contribution in [0.5, 0.6) is 5.75 Å². The first-order valence-corrected chi connectivity index (χ1v) is 5.18. The van der Waals surface area contributed by atoms with Gasteiger partial charge in [-0.1, -0.05) is 12.1 Å². The molecule has 2 aromatic carbocycles. The van der Waals surface area contributed by atoms with Crippen LogP contribution in [0.2, 0.25) is 0 Å². The summed E-state index contributed by atoms with van der Waals surface area (Å²) in [6, 6.07) is 7.37. The molecule has 0 saturated heterocycles. The van der Waals surface area contributed by atoms with E-state index in [2.05, 4.69) is 0 Å². The maximum absolute atomic E-state index is 13.3. The molecule has 0 bridgehead atoms. The van der Waals surface area contributed by atoms with Crippen molar-refractivity contribution in [3.8, 4) is 5.75 Å². The van der Waals surface area contributed by atoms with Crippen LogP contribution in [0.15, 0.2) is 36.4 Å². The van der Waals surface area contributed by atoms with Crippen LogP contribution in [-0.4, -0.2) is 0 Å². The van der Waals surface area contributed by atoms with E-state index in [1.165, 1.54) is 24.3 Å². The molecule has 0 spiro atoms. The van der Waals surface area contributed by atoms with Crippen LogP contribution >= 0.6 is 0 Å². The lowest BCUT2D eigenvalue weighted by Crippen LogP contribution is -2.02. The molecule has 0 fully saturated rings. The molecule has 18 heavy (non-hydrogen) atoms. The average molecular weight is 253 g/mol. The molecule has 0 unspecified atom stereocenters. The highest BCUT2D eigenvalue weighted by Crippen LogP contribution is 2.23. The zero-order valence-corrected chi connectivity index (χ0v) is 9.29. The normalized spacial score (nSPS) is 10.4. The van der Waals surface area contributed by atoms with E-state index in [4.69, 9.17) is 10.5 Å². The maximum Gasteiger partial charge on any atom is 0.165 e. The number of rotatable bonds is 3. The van der Waals surface area contributed by atoms with Crippen molar-refractivity contribution >= 4 is 5.69 Å². The first-order chi connectivity index (χ1) is 8.58. The molecule has 0 aromatic heterocycles. The second-order valence-corrected chi connectivity index (χ2v) is 3.68. The molecule has 0 amide bonds. The van der Waals surface area contributed by atoms with Gasteiger partial charge in [-0.15, -0.1) is 0 Å². The fraction of sp³-hybridized carbons (Fsp3) is 0.0769. The van der Waals surface area contributed by atoms with Gasteiger partial charge in [0.1, 0.15) is 18.2 Å². The molecular formula is C13H10F3NO. The summed E-state index contributed by atoms with van der Waals surface area (Å²) in [6.45, 7) is -0.225. The molecule has 0 radical (unpaired) electrons. The van der Waals surface area contributed by atoms with E-state index < -0.39 is 17.5 Å². The third-order valence-corrected chi connectivity index (χ3v) is 2.39. The fourth-order valence-electron chi connectivity index (χ4n) is 1.45. The van der Waals surface area contributed by atoms with Gasteiger partial charge in [0.05, 0.1) is 5.69 Å². The highest BCUT2D eigenvalue weighted by Gasteiger charge is 2.09. The predicted molar refractivity (Wildman–Crippen MR) is 61.5 cm³/mol. The van der Waals surface area contributed by atoms with E-state index >= 15 is 0 Å². The second-order valence-electron chi connectivity index (χ2n) is 3.68. The van der Waals surface area contributed by atoms with E-state index in [1.807, 2.05) is 0 Å². The van der Waals surface area contributed by atoms with E-state index in [1.54, 1.807) is 0 Å². The van der Waals surface area contributed by atoms with Crippen molar-refractivity contribution in [2.45, 2.75) is 6.61 Å². The molecule has 94 valence electrons. The number of halogens is 3. The van der Waals surface area contributed by atoms with Crippen molar-refractivity contribution in [2.24, 2.45) is 0 Å². The van der Waals surface area contributed by atoms with Gasteiger partial charge in [-0.25, -0.2) is 13.2 Å². The van der Waals surface area contributed by atoms with Crippen LogP contribution in [0.4, 0.5) is 18.9 Å². The number of hydrogen-bond acceptors (Lipinski definition) is 2. The van der Waals surface area contributed by atoms with Crippen molar-refractivity contribution in [1.82, 2.24) is 0 Å². The zero-order chi connectivity index (χ0) is 13.1. The summed E-state index contributed by atoms with van der Waals surface area (Å²) in [6.07, 6.45) is 0. The van der Waals surface area contributed by atoms with Gasteiger partial charge >= 0.3 is 0 Å². The van der Waals surface area contributed by atoms with Crippen LogP contribution < -0.4 is 10.5 Å². The number of benzene rings is 2. The summed E-state index contributed by atoms with van der Waals surface area (Å²) in [4.78, 5) is 0. The van der Waals surface area contributed by atoms with Crippen LogP contribution in [0.3, 0.4) is 0 Å². The molecule has 0 heterocycles. The Morgan fingerprint density at radius 2 is 1.83 bits per heavy atom. The van der Waals surface area contributed by atoms with E-state index in [9.17, 15) is 13.2 Å². The minimum atomic E-state index is -0.979. The van der Waals surface area contributed by atoms with Gasteiger partial charge in [-0.05, 0) is 18.2 Å². The first-order valence-electron chi connectivity index (χ1n) is 5.18. The summed E-state index contributed by atoms with van der Waals surface area (Å²) in [5, 5.41) is 0. The van der Waals surface area contributed by atoms with Crippen LogP contribution in [-0.2, 0) is 6.61 Å². The van der Waals surface area contributed by atoms with Gasteiger partial charge < -0.3 is 10.5 Å². The lowest BCUT2D eigenvalue weighted by atomic mass is 10.2. The highest BCUT2D eigenvalue weighted by molar-refractivity contribution is 5.52. The molecule has 2 aromatic rings. The summed E-state index contributed by atoms with van der Waals surface area (Å²) < 4.78 is 44.4. The number of hydrogen-bond donors (Lipinski definition) is 1. The minimum Gasteiger partial charge on any atom is -0.487 e. The van der Waals surface area contributed by atoms with Crippen molar-refractivity contribution in [3.05, 3.63) is 59.4 Å². The Hall–Kier alpha value is -2.17. The molecule has 2 nitrogen and oxygen atoms in total.